The van der Waals surface area contributed by atoms with Crippen LogP contribution in [0.15, 0.2) is 18.2 Å². The Morgan fingerprint density at radius 1 is 1.35 bits per heavy atom. The van der Waals surface area contributed by atoms with Gasteiger partial charge < -0.3 is 14.6 Å². The van der Waals surface area contributed by atoms with Crippen LogP contribution in [0.1, 0.15) is 11.6 Å². The zero-order valence-corrected chi connectivity index (χ0v) is 9.35. The topological polar surface area (TPSA) is 74.5 Å². The number of nitrogens with one attached hydrogen (secondary N) is 1. The van der Waals surface area contributed by atoms with Gasteiger partial charge in [0.1, 0.15) is 19.3 Å². The van der Waals surface area contributed by atoms with Crippen molar-refractivity contribution in [3.63, 3.8) is 0 Å². The van der Waals surface area contributed by atoms with Crippen molar-refractivity contribution in [3.05, 3.63) is 23.8 Å². The first-order chi connectivity index (χ1) is 8.35. The van der Waals surface area contributed by atoms with Gasteiger partial charge in [0.15, 0.2) is 11.5 Å². The van der Waals surface area contributed by atoms with E-state index in [4.69, 9.17) is 19.8 Å². The highest BCUT2D eigenvalue weighted by Crippen LogP contribution is 2.32. The van der Waals surface area contributed by atoms with Crippen LogP contribution >= 0.6 is 0 Å². The number of nitriles is 1. The lowest BCUT2D eigenvalue weighted by Gasteiger charge is -2.20. The first-order valence-electron chi connectivity index (χ1n) is 5.48. The maximum atomic E-state index is 9.04. The van der Waals surface area contributed by atoms with E-state index < -0.39 is 6.04 Å². The summed E-state index contributed by atoms with van der Waals surface area (Å²) in [6.07, 6.45) is 0. The van der Waals surface area contributed by atoms with Gasteiger partial charge in [0.25, 0.3) is 0 Å². The van der Waals surface area contributed by atoms with Gasteiger partial charge in [0, 0.05) is 6.54 Å². The molecule has 0 aliphatic carbocycles. The van der Waals surface area contributed by atoms with Gasteiger partial charge in [0.05, 0.1) is 12.7 Å². The van der Waals surface area contributed by atoms with E-state index in [1.165, 1.54) is 0 Å². The number of hydrogen-bond donors (Lipinski definition) is 2. The molecule has 0 fully saturated rings. The fourth-order valence-electron chi connectivity index (χ4n) is 1.69. The number of benzene rings is 1. The van der Waals surface area contributed by atoms with Crippen molar-refractivity contribution in [2.75, 3.05) is 26.4 Å². The van der Waals surface area contributed by atoms with Crippen molar-refractivity contribution < 1.29 is 14.6 Å². The van der Waals surface area contributed by atoms with Crippen LogP contribution in [0.2, 0.25) is 0 Å². The Kier molecular flexibility index (Phi) is 3.81. The zero-order valence-electron chi connectivity index (χ0n) is 9.35. The number of fused-ring (bicyclic) bond motifs is 1. The van der Waals surface area contributed by atoms with Crippen molar-refractivity contribution >= 4 is 0 Å². The number of aliphatic hydroxyl groups is 1. The maximum absolute atomic E-state index is 9.04. The van der Waals surface area contributed by atoms with Crippen LogP contribution < -0.4 is 14.8 Å². The van der Waals surface area contributed by atoms with E-state index in [0.717, 1.165) is 5.56 Å². The SMILES string of the molecule is N#CC(NCCO)c1ccc2c(c1)OCCO2. The second-order valence-electron chi connectivity index (χ2n) is 3.64. The van der Waals surface area contributed by atoms with Crippen molar-refractivity contribution in [2.24, 2.45) is 0 Å². The average Bonchev–Trinajstić information content (AvgIpc) is 2.39. The quantitative estimate of drug-likeness (QED) is 0.798. The van der Waals surface area contributed by atoms with Gasteiger partial charge in [-0.3, -0.25) is 5.32 Å². The molecule has 1 aliphatic rings. The molecule has 0 bridgehead atoms. The summed E-state index contributed by atoms with van der Waals surface area (Å²) in [7, 11) is 0. The molecule has 1 aromatic rings. The van der Waals surface area contributed by atoms with Crippen LogP contribution in [-0.4, -0.2) is 31.5 Å². The Morgan fingerprint density at radius 2 is 2.12 bits per heavy atom. The van der Waals surface area contributed by atoms with Crippen molar-refractivity contribution in [2.45, 2.75) is 6.04 Å². The van der Waals surface area contributed by atoms with E-state index >= 15 is 0 Å². The summed E-state index contributed by atoms with van der Waals surface area (Å²) in [5, 5.41) is 20.7. The Hall–Kier alpha value is -1.77. The second-order valence-corrected chi connectivity index (χ2v) is 3.64. The highest BCUT2D eigenvalue weighted by atomic mass is 16.6. The summed E-state index contributed by atoms with van der Waals surface area (Å²) < 4.78 is 10.9. The molecule has 0 saturated carbocycles. The Bertz CT molecular complexity index is 428. The van der Waals surface area contributed by atoms with E-state index in [1.807, 2.05) is 6.07 Å². The fraction of sp³-hybridized carbons (Fsp3) is 0.417. The smallest absolute Gasteiger partial charge is 0.161 e. The molecular weight excluding hydrogens is 220 g/mol. The summed E-state index contributed by atoms with van der Waals surface area (Å²) in [6, 6.07) is 7.12. The predicted octanol–water partition coefficient (Wildman–Crippen LogP) is 0.604. The first kappa shape index (κ1) is 11.7. The number of aliphatic hydroxyl groups excluding tert-OH is 1. The largest absolute Gasteiger partial charge is 0.486 e. The predicted molar refractivity (Wildman–Crippen MR) is 60.9 cm³/mol. The molecule has 0 saturated heterocycles. The standard InChI is InChI=1S/C12H14N2O3/c13-8-10(14-3-4-15)9-1-2-11-12(7-9)17-6-5-16-11/h1-2,7,10,14-15H,3-6H2. The minimum atomic E-state index is -0.446. The highest BCUT2D eigenvalue weighted by molar-refractivity contribution is 5.45. The molecule has 5 heteroatoms. The van der Waals surface area contributed by atoms with Gasteiger partial charge in [-0.15, -0.1) is 0 Å². The third-order valence-corrected chi connectivity index (χ3v) is 2.49. The van der Waals surface area contributed by atoms with E-state index in [-0.39, 0.29) is 6.61 Å². The van der Waals surface area contributed by atoms with Gasteiger partial charge in [-0.2, -0.15) is 5.26 Å². The Morgan fingerprint density at radius 3 is 2.82 bits per heavy atom. The van der Waals surface area contributed by atoms with Crippen LogP contribution in [0.4, 0.5) is 0 Å². The molecule has 2 N–H and O–H groups in total. The average molecular weight is 234 g/mol. The number of ether oxygens (including phenoxy) is 2. The normalized spacial score (nSPS) is 15.1. The number of nitrogens with zero attached hydrogens (tertiary/aromatic N) is 1. The van der Waals surface area contributed by atoms with E-state index in [0.29, 0.717) is 31.3 Å². The Labute approximate surface area is 99.6 Å². The molecule has 1 unspecified atom stereocenters. The molecule has 5 nitrogen and oxygen atoms in total. The van der Waals surface area contributed by atoms with Gasteiger partial charge in [-0.1, -0.05) is 6.07 Å². The lowest BCUT2D eigenvalue weighted by atomic mass is 10.1. The fourth-order valence-corrected chi connectivity index (χ4v) is 1.69. The summed E-state index contributed by atoms with van der Waals surface area (Å²) >= 11 is 0. The van der Waals surface area contributed by atoms with Crippen molar-refractivity contribution in [3.8, 4) is 17.6 Å². The molecule has 17 heavy (non-hydrogen) atoms. The molecule has 0 aromatic heterocycles. The lowest BCUT2D eigenvalue weighted by molar-refractivity contribution is 0.171. The van der Waals surface area contributed by atoms with E-state index in [9.17, 15) is 0 Å². The Balaban J connectivity index is 2.17. The number of hydrogen-bond acceptors (Lipinski definition) is 5. The minimum Gasteiger partial charge on any atom is -0.486 e. The molecule has 0 spiro atoms. The number of rotatable bonds is 4. The molecule has 90 valence electrons. The van der Waals surface area contributed by atoms with Crippen LogP contribution in [0.25, 0.3) is 0 Å². The third-order valence-electron chi connectivity index (χ3n) is 2.49. The van der Waals surface area contributed by atoms with E-state index in [2.05, 4.69) is 11.4 Å². The van der Waals surface area contributed by atoms with Gasteiger partial charge in [-0.05, 0) is 17.7 Å². The molecule has 0 amide bonds. The molecule has 0 radical (unpaired) electrons. The monoisotopic (exact) mass is 234 g/mol. The third kappa shape index (κ3) is 2.67. The lowest BCUT2D eigenvalue weighted by Crippen LogP contribution is -2.23. The van der Waals surface area contributed by atoms with Gasteiger partial charge >= 0.3 is 0 Å². The molecule has 1 aromatic carbocycles. The van der Waals surface area contributed by atoms with Crippen LogP contribution in [0.3, 0.4) is 0 Å². The van der Waals surface area contributed by atoms with E-state index in [1.54, 1.807) is 12.1 Å². The zero-order chi connectivity index (χ0) is 12.1. The first-order valence-corrected chi connectivity index (χ1v) is 5.48. The van der Waals surface area contributed by atoms with Crippen LogP contribution in [0.5, 0.6) is 11.5 Å². The van der Waals surface area contributed by atoms with Gasteiger partial charge in [0.2, 0.25) is 0 Å². The molecule has 1 atom stereocenters. The van der Waals surface area contributed by atoms with Crippen LogP contribution in [0, 0.1) is 11.3 Å². The summed E-state index contributed by atoms with van der Waals surface area (Å²) in [6.45, 7) is 1.46. The van der Waals surface area contributed by atoms with Crippen molar-refractivity contribution in [1.82, 2.24) is 5.32 Å². The molecule has 2 rings (SSSR count). The van der Waals surface area contributed by atoms with Crippen LogP contribution in [-0.2, 0) is 0 Å². The second kappa shape index (κ2) is 5.53. The molecular formula is C12H14N2O3. The molecule has 1 aliphatic heterocycles. The summed E-state index contributed by atoms with van der Waals surface area (Å²) in [5.74, 6) is 1.37. The summed E-state index contributed by atoms with van der Waals surface area (Å²) in [4.78, 5) is 0. The van der Waals surface area contributed by atoms with Crippen molar-refractivity contribution in [1.29, 1.82) is 5.26 Å². The maximum Gasteiger partial charge on any atom is 0.161 e. The summed E-state index contributed by atoms with van der Waals surface area (Å²) in [5.41, 5.74) is 0.810. The van der Waals surface area contributed by atoms with Gasteiger partial charge in [-0.25, -0.2) is 0 Å². The molecule has 1 heterocycles. The minimum absolute atomic E-state index is 0.00271. The highest BCUT2D eigenvalue weighted by Gasteiger charge is 2.16.